The monoisotopic (exact) mass is 331 g/mol. The standard InChI is InChI=1S/C15H16F3NO4/c16-15(17,18)23-11-4-2-10(3-5-11)9-19-12(20)8-14(13(21)22)6-1-7-14/h2-5H,1,6-9H2,(H,19,20)(H,21,22). The molecular formula is C15H16F3NO4. The predicted octanol–water partition coefficient (Wildman–Crippen LogP) is 2.85. The van der Waals surface area contributed by atoms with Crippen molar-refractivity contribution >= 4 is 11.9 Å². The number of benzene rings is 1. The summed E-state index contributed by atoms with van der Waals surface area (Å²) in [5, 5.41) is 11.7. The first-order valence-corrected chi connectivity index (χ1v) is 7.05. The van der Waals surface area contributed by atoms with E-state index in [0.29, 0.717) is 18.4 Å². The molecule has 1 saturated carbocycles. The van der Waals surface area contributed by atoms with Crippen molar-refractivity contribution in [3.05, 3.63) is 29.8 Å². The second kappa shape index (κ2) is 6.47. The number of carboxylic acids is 1. The summed E-state index contributed by atoms with van der Waals surface area (Å²) in [4.78, 5) is 23.0. The van der Waals surface area contributed by atoms with Gasteiger partial charge in [0.15, 0.2) is 0 Å². The predicted molar refractivity (Wildman–Crippen MR) is 73.5 cm³/mol. The second-order valence-electron chi connectivity index (χ2n) is 5.58. The number of carbonyl (C=O) groups excluding carboxylic acids is 1. The van der Waals surface area contributed by atoms with E-state index in [9.17, 15) is 22.8 Å². The highest BCUT2D eigenvalue weighted by Crippen LogP contribution is 2.44. The van der Waals surface area contributed by atoms with E-state index in [1.807, 2.05) is 0 Å². The summed E-state index contributed by atoms with van der Waals surface area (Å²) in [7, 11) is 0. The Hall–Kier alpha value is -2.25. The van der Waals surface area contributed by atoms with Crippen molar-refractivity contribution < 1.29 is 32.6 Å². The van der Waals surface area contributed by atoms with Crippen LogP contribution in [0.4, 0.5) is 13.2 Å². The van der Waals surface area contributed by atoms with Gasteiger partial charge in [-0.2, -0.15) is 0 Å². The third-order valence-corrected chi connectivity index (χ3v) is 3.91. The van der Waals surface area contributed by atoms with Crippen LogP contribution in [0.3, 0.4) is 0 Å². The van der Waals surface area contributed by atoms with E-state index in [-0.39, 0.29) is 24.6 Å². The van der Waals surface area contributed by atoms with Crippen molar-refractivity contribution in [3.8, 4) is 5.75 Å². The third kappa shape index (κ3) is 4.61. The molecule has 1 aliphatic carbocycles. The minimum atomic E-state index is -4.75. The number of carboxylic acid groups (broad SMARTS) is 1. The molecule has 1 aliphatic rings. The van der Waals surface area contributed by atoms with Crippen LogP contribution in [0.1, 0.15) is 31.2 Å². The molecule has 0 atom stereocenters. The van der Waals surface area contributed by atoms with Crippen LogP contribution in [0.2, 0.25) is 0 Å². The van der Waals surface area contributed by atoms with Gasteiger partial charge in [-0.15, -0.1) is 13.2 Å². The van der Waals surface area contributed by atoms with E-state index in [2.05, 4.69) is 10.1 Å². The van der Waals surface area contributed by atoms with Crippen LogP contribution in [0.5, 0.6) is 5.75 Å². The molecule has 0 radical (unpaired) electrons. The lowest BCUT2D eigenvalue weighted by Crippen LogP contribution is -2.42. The molecule has 0 aliphatic heterocycles. The quantitative estimate of drug-likeness (QED) is 0.840. The third-order valence-electron chi connectivity index (χ3n) is 3.91. The number of alkyl halides is 3. The molecule has 0 unspecified atom stereocenters. The molecule has 1 aromatic carbocycles. The number of carbonyl (C=O) groups is 2. The van der Waals surface area contributed by atoms with Gasteiger partial charge in [0.1, 0.15) is 5.75 Å². The molecule has 0 spiro atoms. The molecule has 0 saturated heterocycles. The van der Waals surface area contributed by atoms with Crippen LogP contribution in [0.15, 0.2) is 24.3 Å². The summed E-state index contributed by atoms with van der Waals surface area (Å²) in [5.41, 5.74) is -0.375. The number of halogens is 3. The fraction of sp³-hybridized carbons (Fsp3) is 0.467. The first-order valence-electron chi connectivity index (χ1n) is 7.05. The largest absolute Gasteiger partial charge is 0.573 e. The zero-order valence-corrected chi connectivity index (χ0v) is 12.2. The Balaban J connectivity index is 1.83. The molecule has 0 heterocycles. The van der Waals surface area contributed by atoms with Crippen LogP contribution in [0.25, 0.3) is 0 Å². The molecule has 1 aromatic rings. The summed E-state index contributed by atoms with van der Waals surface area (Å²) >= 11 is 0. The van der Waals surface area contributed by atoms with Crippen LogP contribution >= 0.6 is 0 Å². The second-order valence-corrected chi connectivity index (χ2v) is 5.58. The van der Waals surface area contributed by atoms with Crippen molar-refractivity contribution in [1.82, 2.24) is 5.32 Å². The van der Waals surface area contributed by atoms with Crippen molar-refractivity contribution in [2.24, 2.45) is 5.41 Å². The molecular weight excluding hydrogens is 315 g/mol. The Kier molecular flexibility index (Phi) is 4.82. The van der Waals surface area contributed by atoms with Gasteiger partial charge >= 0.3 is 12.3 Å². The van der Waals surface area contributed by atoms with Gasteiger partial charge in [0.2, 0.25) is 5.91 Å². The maximum atomic E-state index is 12.0. The molecule has 2 rings (SSSR count). The average molecular weight is 331 g/mol. The highest BCUT2D eigenvalue weighted by Gasteiger charge is 2.45. The Labute approximate surface area is 130 Å². The Bertz CT molecular complexity index is 579. The summed E-state index contributed by atoms with van der Waals surface area (Å²) in [6, 6.07) is 5.11. The van der Waals surface area contributed by atoms with Crippen molar-refractivity contribution in [2.45, 2.75) is 38.6 Å². The molecule has 0 bridgehead atoms. The number of aliphatic carboxylic acids is 1. The number of nitrogens with one attached hydrogen (secondary N) is 1. The molecule has 126 valence electrons. The van der Waals surface area contributed by atoms with E-state index in [4.69, 9.17) is 5.11 Å². The van der Waals surface area contributed by atoms with Crippen LogP contribution in [-0.4, -0.2) is 23.3 Å². The summed E-state index contributed by atoms with van der Waals surface area (Å²) in [6.07, 6.45) is -3.07. The van der Waals surface area contributed by atoms with Crippen molar-refractivity contribution in [1.29, 1.82) is 0 Å². The highest BCUT2D eigenvalue weighted by atomic mass is 19.4. The van der Waals surface area contributed by atoms with E-state index >= 15 is 0 Å². The van der Waals surface area contributed by atoms with E-state index in [1.165, 1.54) is 12.1 Å². The zero-order valence-electron chi connectivity index (χ0n) is 12.2. The molecule has 1 amide bonds. The Morgan fingerprint density at radius 2 is 1.83 bits per heavy atom. The first kappa shape index (κ1) is 17.1. The lowest BCUT2D eigenvalue weighted by molar-refractivity contribution is -0.274. The topological polar surface area (TPSA) is 75.6 Å². The maximum absolute atomic E-state index is 12.0. The van der Waals surface area contributed by atoms with Crippen molar-refractivity contribution in [2.75, 3.05) is 0 Å². The van der Waals surface area contributed by atoms with Gasteiger partial charge in [-0.05, 0) is 30.5 Å². The number of hydrogen-bond donors (Lipinski definition) is 2. The molecule has 8 heteroatoms. The summed E-state index contributed by atoms with van der Waals surface area (Å²) in [6.45, 7) is 0.112. The van der Waals surface area contributed by atoms with Crippen LogP contribution in [0, 0.1) is 5.41 Å². The lowest BCUT2D eigenvalue weighted by atomic mass is 9.66. The zero-order chi connectivity index (χ0) is 17.1. The van der Waals surface area contributed by atoms with Gasteiger partial charge in [-0.3, -0.25) is 9.59 Å². The van der Waals surface area contributed by atoms with Gasteiger partial charge in [0.25, 0.3) is 0 Å². The van der Waals surface area contributed by atoms with Crippen LogP contribution < -0.4 is 10.1 Å². The average Bonchev–Trinajstić information content (AvgIpc) is 2.40. The maximum Gasteiger partial charge on any atom is 0.573 e. The van der Waals surface area contributed by atoms with E-state index in [0.717, 1.165) is 18.6 Å². The van der Waals surface area contributed by atoms with Gasteiger partial charge in [0, 0.05) is 13.0 Å². The molecule has 0 aromatic heterocycles. The highest BCUT2D eigenvalue weighted by molar-refractivity contribution is 5.85. The van der Waals surface area contributed by atoms with Crippen molar-refractivity contribution in [3.63, 3.8) is 0 Å². The molecule has 2 N–H and O–H groups in total. The number of ether oxygens (including phenoxy) is 1. The van der Waals surface area contributed by atoms with Gasteiger partial charge in [-0.1, -0.05) is 18.6 Å². The van der Waals surface area contributed by atoms with Gasteiger partial charge in [-0.25, -0.2) is 0 Å². The van der Waals surface area contributed by atoms with Crippen LogP contribution in [-0.2, 0) is 16.1 Å². The fourth-order valence-electron chi connectivity index (χ4n) is 2.45. The number of amides is 1. The fourth-order valence-corrected chi connectivity index (χ4v) is 2.45. The molecule has 1 fully saturated rings. The molecule has 23 heavy (non-hydrogen) atoms. The van der Waals surface area contributed by atoms with Gasteiger partial charge in [0.05, 0.1) is 5.41 Å². The first-order chi connectivity index (χ1) is 10.7. The Morgan fingerprint density at radius 3 is 2.26 bits per heavy atom. The minimum Gasteiger partial charge on any atom is -0.481 e. The normalized spacial score (nSPS) is 16.3. The van der Waals surface area contributed by atoms with E-state index < -0.39 is 17.7 Å². The van der Waals surface area contributed by atoms with Gasteiger partial charge < -0.3 is 15.2 Å². The number of hydrogen-bond acceptors (Lipinski definition) is 3. The minimum absolute atomic E-state index is 0.0857. The summed E-state index contributed by atoms with van der Waals surface area (Å²) < 4.78 is 39.8. The SMILES string of the molecule is O=C(CC1(C(=O)O)CCC1)NCc1ccc(OC(F)(F)F)cc1. The summed E-state index contributed by atoms with van der Waals surface area (Å²) in [5.74, 6) is -1.69. The van der Waals surface area contributed by atoms with E-state index in [1.54, 1.807) is 0 Å². The lowest BCUT2D eigenvalue weighted by Gasteiger charge is -2.36. The Morgan fingerprint density at radius 1 is 1.22 bits per heavy atom. The molecule has 5 nitrogen and oxygen atoms in total. The smallest absolute Gasteiger partial charge is 0.481 e. The number of rotatable bonds is 6.